The molecule has 1 saturated carbocycles. The molecule has 1 heterocycles. The second-order valence-electron chi connectivity index (χ2n) is 6.62. The van der Waals surface area contributed by atoms with Gasteiger partial charge in [0.25, 0.3) is 0 Å². The lowest BCUT2D eigenvalue weighted by Crippen LogP contribution is -2.14. The van der Waals surface area contributed by atoms with Gasteiger partial charge in [-0.25, -0.2) is 0 Å². The van der Waals surface area contributed by atoms with E-state index in [2.05, 4.69) is 16.7 Å². The third-order valence-electron chi connectivity index (χ3n) is 4.58. The number of pyridine rings is 1. The highest BCUT2D eigenvalue weighted by molar-refractivity contribution is 5.43. The molecule has 0 N–H and O–H groups in total. The number of aromatic nitrogens is 1. The first-order valence-electron chi connectivity index (χ1n) is 8.54. The Morgan fingerprint density at radius 3 is 2.42 bits per heavy atom. The lowest BCUT2D eigenvalue weighted by atomic mass is 10.1. The van der Waals surface area contributed by atoms with Crippen molar-refractivity contribution in [3.05, 3.63) is 57.5 Å². The van der Waals surface area contributed by atoms with Crippen LogP contribution in [0, 0.1) is 19.8 Å². The van der Waals surface area contributed by atoms with E-state index in [0.717, 1.165) is 42.5 Å². The molecule has 1 aromatic heterocycles. The molecule has 0 radical (unpaired) electrons. The number of benzene rings is 1. The predicted octanol–water partition coefficient (Wildman–Crippen LogP) is 3.51. The first-order valence-corrected chi connectivity index (χ1v) is 8.54. The van der Waals surface area contributed by atoms with Crippen LogP contribution in [0.5, 0.6) is 11.5 Å². The molecule has 0 saturated heterocycles. The zero-order valence-electron chi connectivity index (χ0n) is 14.7. The lowest BCUT2D eigenvalue weighted by Gasteiger charge is -2.15. The van der Waals surface area contributed by atoms with Crippen LogP contribution >= 0.6 is 0 Å². The van der Waals surface area contributed by atoms with Crippen molar-refractivity contribution >= 4 is 0 Å². The van der Waals surface area contributed by atoms with Crippen molar-refractivity contribution in [2.75, 3.05) is 13.7 Å². The van der Waals surface area contributed by atoms with Gasteiger partial charge in [-0.05, 0) is 56.7 Å². The van der Waals surface area contributed by atoms with Crippen LogP contribution in [0.4, 0.5) is 0 Å². The molecule has 0 aliphatic heterocycles. The average Bonchev–Trinajstić information content (AvgIpc) is 3.36. The van der Waals surface area contributed by atoms with Gasteiger partial charge in [0.05, 0.1) is 13.7 Å². The summed E-state index contributed by atoms with van der Waals surface area (Å²) < 4.78 is 13.5. The summed E-state index contributed by atoms with van der Waals surface area (Å²) in [6, 6.07) is 9.50. The molecule has 24 heavy (non-hydrogen) atoms. The van der Waals surface area contributed by atoms with Gasteiger partial charge in [0.2, 0.25) is 0 Å². The van der Waals surface area contributed by atoms with E-state index < -0.39 is 0 Å². The number of hydrogen-bond donors (Lipinski definition) is 0. The number of methoxy groups -OCH3 is 1. The monoisotopic (exact) mass is 327 g/mol. The van der Waals surface area contributed by atoms with Crippen molar-refractivity contribution in [3.8, 4) is 11.5 Å². The average molecular weight is 327 g/mol. The summed E-state index contributed by atoms with van der Waals surface area (Å²) >= 11 is 0. The summed E-state index contributed by atoms with van der Waals surface area (Å²) in [5.41, 5.74) is 3.28. The van der Waals surface area contributed by atoms with Crippen LogP contribution < -0.4 is 14.9 Å². The largest absolute Gasteiger partial charge is 0.493 e. The number of nitrogens with zero attached hydrogens (tertiary/aromatic N) is 1. The molecule has 3 rings (SSSR count). The Kier molecular flexibility index (Phi) is 4.93. The Morgan fingerprint density at radius 1 is 1.08 bits per heavy atom. The third-order valence-corrected chi connectivity index (χ3v) is 4.58. The molecule has 0 amide bonds. The predicted molar refractivity (Wildman–Crippen MR) is 95.1 cm³/mol. The minimum absolute atomic E-state index is 0.0708. The van der Waals surface area contributed by atoms with Crippen LogP contribution in [0.2, 0.25) is 0 Å². The zero-order valence-corrected chi connectivity index (χ0v) is 14.7. The topological polar surface area (TPSA) is 40.5 Å². The molecule has 1 aliphatic rings. The maximum Gasteiger partial charge on any atom is 0.182 e. The molecule has 0 atom stereocenters. The quantitative estimate of drug-likeness (QED) is 0.781. The summed E-state index contributed by atoms with van der Waals surface area (Å²) in [7, 11) is 1.67. The lowest BCUT2D eigenvalue weighted by molar-refractivity contribution is 0.280. The second-order valence-corrected chi connectivity index (χ2v) is 6.62. The smallest absolute Gasteiger partial charge is 0.182 e. The Balaban J connectivity index is 1.72. The SMILES string of the molecule is COc1ccc(CCn2c(C)cc(=O)cc2C)cc1OCC1CC1. The van der Waals surface area contributed by atoms with Gasteiger partial charge in [-0.1, -0.05) is 6.07 Å². The highest BCUT2D eigenvalue weighted by atomic mass is 16.5. The molecule has 1 fully saturated rings. The van der Waals surface area contributed by atoms with E-state index in [9.17, 15) is 4.79 Å². The van der Waals surface area contributed by atoms with Crippen LogP contribution in [0.15, 0.2) is 35.1 Å². The normalized spacial score (nSPS) is 13.8. The molecule has 128 valence electrons. The van der Waals surface area contributed by atoms with Gasteiger partial charge < -0.3 is 14.0 Å². The fourth-order valence-electron chi connectivity index (χ4n) is 2.96. The standard InChI is InChI=1S/C20H25NO3/c1-14-10-18(22)11-15(2)21(14)9-8-16-6-7-19(23-3)20(12-16)24-13-17-4-5-17/h6-7,10-12,17H,4-5,8-9,13H2,1-3H3. The summed E-state index contributed by atoms with van der Waals surface area (Å²) in [5, 5.41) is 0. The van der Waals surface area contributed by atoms with Crippen molar-refractivity contribution in [2.24, 2.45) is 5.92 Å². The van der Waals surface area contributed by atoms with E-state index in [1.807, 2.05) is 19.9 Å². The minimum atomic E-state index is 0.0708. The van der Waals surface area contributed by atoms with Crippen molar-refractivity contribution in [1.82, 2.24) is 4.57 Å². The fourth-order valence-corrected chi connectivity index (χ4v) is 2.96. The van der Waals surface area contributed by atoms with Crippen molar-refractivity contribution in [1.29, 1.82) is 0 Å². The van der Waals surface area contributed by atoms with Gasteiger partial charge in [-0.15, -0.1) is 0 Å². The Morgan fingerprint density at radius 2 is 1.79 bits per heavy atom. The Labute approximate surface area is 143 Å². The molecular formula is C20H25NO3. The van der Waals surface area contributed by atoms with E-state index >= 15 is 0 Å². The van der Waals surface area contributed by atoms with Crippen LogP contribution in [-0.4, -0.2) is 18.3 Å². The van der Waals surface area contributed by atoms with Crippen LogP contribution in [-0.2, 0) is 13.0 Å². The maximum absolute atomic E-state index is 11.5. The number of aryl methyl sites for hydroxylation is 3. The van der Waals surface area contributed by atoms with E-state index in [1.54, 1.807) is 19.2 Å². The molecule has 1 aliphatic carbocycles. The van der Waals surface area contributed by atoms with Crippen LogP contribution in [0.3, 0.4) is 0 Å². The molecule has 1 aromatic carbocycles. The molecule has 2 aromatic rings. The summed E-state index contributed by atoms with van der Waals surface area (Å²) in [5.74, 6) is 2.33. The number of rotatable bonds is 7. The molecular weight excluding hydrogens is 302 g/mol. The van der Waals surface area contributed by atoms with Crippen LogP contribution in [0.1, 0.15) is 29.8 Å². The summed E-state index contributed by atoms with van der Waals surface area (Å²) in [6.45, 7) is 5.57. The Bertz CT molecular complexity index is 749. The molecule has 0 bridgehead atoms. The van der Waals surface area contributed by atoms with E-state index in [-0.39, 0.29) is 5.43 Å². The second kappa shape index (κ2) is 7.12. The first kappa shape index (κ1) is 16.6. The minimum Gasteiger partial charge on any atom is -0.493 e. The summed E-state index contributed by atoms with van der Waals surface area (Å²) in [4.78, 5) is 11.5. The van der Waals surface area contributed by atoms with Crippen molar-refractivity contribution in [2.45, 2.75) is 39.7 Å². The number of hydrogen-bond acceptors (Lipinski definition) is 3. The fraction of sp³-hybridized carbons (Fsp3) is 0.450. The zero-order chi connectivity index (χ0) is 17.1. The maximum atomic E-state index is 11.5. The van der Waals surface area contributed by atoms with E-state index in [4.69, 9.17) is 9.47 Å². The van der Waals surface area contributed by atoms with Gasteiger partial charge in [-0.3, -0.25) is 4.79 Å². The van der Waals surface area contributed by atoms with Crippen LogP contribution in [0.25, 0.3) is 0 Å². The highest BCUT2D eigenvalue weighted by Crippen LogP contribution is 2.33. The van der Waals surface area contributed by atoms with Gasteiger partial charge >= 0.3 is 0 Å². The van der Waals surface area contributed by atoms with Gasteiger partial charge in [0, 0.05) is 30.1 Å². The van der Waals surface area contributed by atoms with E-state index in [0.29, 0.717) is 5.92 Å². The number of ether oxygens (including phenoxy) is 2. The van der Waals surface area contributed by atoms with Gasteiger partial charge in [-0.2, -0.15) is 0 Å². The van der Waals surface area contributed by atoms with Gasteiger partial charge in [0.1, 0.15) is 0 Å². The van der Waals surface area contributed by atoms with Crippen molar-refractivity contribution in [3.63, 3.8) is 0 Å². The first-order chi connectivity index (χ1) is 11.6. The van der Waals surface area contributed by atoms with Crippen molar-refractivity contribution < 1.29 is 9.47 Å². The molecule has 0 unspecified atom stereocenters. The third kappa shape index (κ3) is 3.99. The molecule has 4 nitrogen and oxygen atoms in total. The Hall–Kier alpha value is -2.23. The van der Waals surface area contributed by atoms with Gasteiger partial charge in [0.15, 0.2) is 16.9 Å². The highest BCUT2D eigenvalue weighted by Gasteiger charge is 2.22. The summed E-state index contributed by atoms with van der Waals surface area (Å²) in [6.07, 6.45) is 3.42. The molecule has 4 heteroatoms. The van der Waals surface area contributed by atoms with E-state index in [1.165, 1.54) is 18.4 Å². The molecule has 0 spiro atoms.